The minimum absolute atomic E-state index is 0.214. The van der Waals surface area contributed by atoms with Crippen LogP contribution in [0.5, 0.6) is 0 Å². The van der Waals surface area contributed by atoms with E-state index in [1.807, 2.05) is 37.5 Å². The predicted molar refractivity (Wildman–Crippen MR) is 93.2 cm³/mol. The van der Waals surface area contributed by atoms with Crippen molar-refractivity contribution in [2.75, 3.05) is 11.4 Å². The summed E-state index contributed by atoms with van der Waals surface area (Å²) in [5.41, 5.74) is 8.73. The Morgan fingerprint density at radius 1 is 1.21 bits per heavy atom. The van der Waals surface area contributed by atoms with Gasteiger partial charge in [0, 0.05) is 42.1 Å². The fraction of sp³-hybridized carbons (Fsp3) is 0.211. The molecule has 0 saturated heterocycles. The number of hydrazine groups is 1. The number of aryl methyl sites for hydroxylation is 1. The van der Waals surface area contributed by atoms with E-state index < -0.39 is 0 Å². The number of fused-ring (bicyclic) bond motifs is 1. The lowest BCUT2D eigenvalue weighted by Gasteiger charge is -2.38. The Kier molecular flexibility index (Phi) is 3.49. The van der Waals surface area contributed by atoms with Crippen molar-refractivity contribution in [2.45, 2.75) is 19.9 Å². The van der Waals surface area contributed by atoms with E-state index in [-0.39, 0.29) is 11.9 Å². The lowest BCUT2D eigenvalue weighted by atomic mass is 10.0. The maximum Gasteiger partial charge on any atom is 0.123 e. The van der Waals surface area contributed by atoms with Crippen LogP contribution in [0.1, 0.15) is 18.2 Å². The molecule has 0 radical (unpaired) electrons. The van der Waals surface area contributed by atoms with Crippen molar-refractivity contribution in [3.63, 3.8) is 0 Å². The number of halogens is 1. The van der Waals surface area contributed by atoms with Crippen LogP contribution < -0.4 is 10.3 Å². The molecule has 0 fully saturated rings. The maximum atomic E-state index is 13.2. The van der Waals surface area contributed by atoms with Crippen LogP contribution in [0.25, 0.3) is 5.57 Å². The van der Waals surface area contributed by atoms with Crippen LogP contribution in [0, 0.1) is 12.7 Å². The highest BCUT2D eigenvalue weighted by atomic mass is 19.1. The van der Waals surface area contributed by atoms with E-state index in [9.17, 15) is 4.39 Å². The number of nitrogens with one attached hydrogen (secondary N) is 1. The first-order chi connectivity index (χ1) is 11.6. The van der Waals surface area contributed by atoms with Crippen molar-refractivity contribution in [3.8, 4) is 0 Å². The van der Waals surface area contributed by atoms with Crippen molar-refractivity contribution in [1.29, 1.82) is 0 Å². The van der Waals surface area contributed by atoms with Crippen molar-refractivity contribution in [1.82, 2.24) is 15.4 Å². The number of anilines is 1. The third-order valence-corrected chi connectivity index (χ3v) is 4.43. The zero-order chi connectivity index (χ0) is 16.7. The Morgan fingerprint density at radius 2 is 2.00 bits per heavy atom. The monoisotopic (exact) mass is 322 g/mol. The van der Waals surface area contributed by atoms with Gasteiger partial charge >= 0.3 is 0 Å². The van der Waals surface area contributed by atoms with Crippen LogP contribution in [0.2, 0.25) is 0 Å². The second kappa shape index (κ2) is 5.67. The molecular formula is C19H19FN4. The Morgan fingerprint density at radius 3 is 2.75 bits per heavy atom. The fourth-order valence-electron chi connectivity index (χ4n) is 3.23. The molecule has 5 heteroatoms. The van der Waals surface area contributed by atoms with E-state index >= 15 is 0 Å². The quantitative estimate of drug-likeness (QED) is 0.918. The van der Waals surface area contributed by atoms with Gasteiger partial charge in [-0.2, -0.15) is 0 Å². The summed E-state index contributed by atoms with van der Waals surface area (Å²) < 4.78 is 13.2. The van der Waals surface area contributed by atoms with Gasteiger partial charge in [-0.3, -0.25) is 9.99 Å². The molecule has 0 spiro atoms. The molecule has 1 aromatic carbocycles. The zero-order valence-corrected chi connectivity index (χ0v) is 13.7. The average Bonchev–Trinajstić information content (AvgIpc) is 3.00. The molecule has 24 heavy (non-hydrogen) atoms. The van der Waals surface area contributed by atoms with Crippen LogP contribution >= 0.6 is 0 Å². The van der Waals surface area contributed by atoms with Gasteiger partial charge in [-0.25, -0.2) is 4.39 Å². The third kappa shape index (κ3) is 2.52. The van der Waals surface area contributed by atoms with Gasteiger partial charge in [0.2, 0.25) is 0 Å². The summed E-state index contributed by atoms with van der Waals surface area (Å²) in [4.78, 5) is 6.45. The highest BCUT2D eigenvalue weighted by Crippen LogP contribution is 2.34. The predicted octanol–water partition coefficient (Wildman–Crippen LogP) is 3.44. The average molecular weight is 322 g/mol. The van der Waals surface area contributed by atoms with Gasteiger partial charge in [0.15, 0.2) is 0 Å². The van der Waals surface area contributed by atoms with Gasteiger partial charge in [0.1, 0.15) is 5.82 Å². The van der Waals surface area contributed by atoms with Crippen molar-refractivity contribution >= 4 is 11.3 Å². The molecule has 2 aromatic rings. The normalized spacial score (nSPS) is 19.5. The number of hydrogen-bond donors (Lipinski definition) is 1. The van der Waals surface area contributed by atoms with Crippen molar-refractivity contribution in [2.24, 2.45) is 0 Å². The Bertz CT molecular complexity index is 826. The Hall–Kier alpha value is -2.82. The molecule has 4 nitrogen and oxygen atoms in total. The summed E-state index contributed by atoms with van der Waals surface area (Å²) in [6.45, 7) is 5.00. The van der Waals surface area contributed by atoms with Gasteiger partial charge in [0.25, 0.3) is 0 Å². The number of rotatable bonds is 2. The van der Waals surface area contributed by atoms with E-state index in [2.05, 4.69) is 39.5 Å². The molecule has 0 unspecified atom stereocenters. The third-order valence-electron chi connectivity index (χ3n) is 4.43. The summed E-state index contributed by atoms with van der Waals surface area (Å²) in [6.07, 6.45) is 5.98. The number of pyridine rings is 1. The molecule has 3 heterocycles. The van der Waals surface area contributed by atoms with Gasteiger partial charge in [-0.05, 0) is 55.8 Å². The smallest absolute Gasteiger partial charge is 0.123 e. The second-order valence-corrected chi connectivity index (χ2v) is 6.24. The van der Waals surface area contributed by atoms with E-state index in [0.29, 0.717) is 0 Å². The van der Waals surface area contributed by atoms with E-state index in [1.165, 1.54) is 12.1 Å². The SMILES string of the molecule is Cc1cc(C2=CNN3C2=CN(c2ccc(F)cc2)C[C@@H]3C)ccn1. The zero-order valence-electron chi connectivity index (χ0n) is 13.7. The van der Waals surface area contributed by atoms with Crippen LogP contribution in [-0.2, 0) is 0 Å². The van der Waals surface area contributed by atoms with Crippen LogP contribution in [0.4, 0.5) is 10.1 Å². The molecule has 2 aliphatic rings. The number of hydrogen-bond acceptors (Lipinski definition) is 4. The first-order valence-electron chi connectivity index (χ1n) is 8.05. The fourth-order valence-corrected chi connectivity index (χ4v) is 3.23. The summed E-state index contributed by atoms with van der Waals surface area (Å²) in [5, 5.41) is 2.17. The summed E-state index contributed by atoms with van der Waals surface area (Å²) in [5.74, 6) is -0.214. The molecule has 0 saturated carbocycles. The van der Waals surface area contributed by atoms with Gasteiger partial charge in [0.05, 0.1) is 11.7 Å². The van der Waals surface area contributed by atoms with Crippen LogP contribution in [0.3, 0.4) is 0 Å². The molecule has 0 amide bonds. The van der Waals surface area contributed by atoms with Gasteiger partial charge in [-0.1, -0.05) is 0 Å². The minimum atomic E-state index is -0.214. The molecule has 2 aliphatic heterocycles. The van der Waals surface area contributed by atoms with Gasteiger partial charge in [-0.15, -0.1) is 0 Å². The van der Waals surface area contributed by atoms with Crippen LogP contribution in [-0.4, -0.2) is 22.6 Å². The molecule has 1 atom stereocenters. The first-order valence-corrected chi connectivity index (χ1v) is 8.05. The topological polar surface area (TPSA) is 31.4 Å². The summed E-state index contributed by atoms with van der Waals surface area (Å²) >= 11 is 0. The molecule has 0 bridgehead atoms. The first kappa shape index (κ1) is 14.8. The van der Waals surface area contributed by atoms with Gasteiger partial charge < -0.3 is 10.3 Å². The Labute approximate surface area is 140 Å². The minimum Gasteiger partial charge on any atom is -0.344 e. The molecular weight excluding hydrogens is 303 g/mol. The number of benzene rings is 1. The van der Waals surface area contributed by atoms with Crippen LogP contribution in [0.15, 0.2) is 60.7 Å². The number of aromatic nitrogens is 1. The summed E-state index contributed by atoms with van der Waals surface area (Å²) in [7, 11) is 0. The maximum absolute atomic E-state index is 13.2. The molecule has 1 aromatic heterocycles. The highest BCUT2D eigenvalue weighted by Gasteiger charge is 2.31. The van der Waals surface area contributed by atoms with Crippen molar-refractivity contribution in [3.05, 3.63) is 77.8 Å². The summed E-state index contributed by atoms with van der Waals surface area (Å²) in [6, 6.07) is 11.0. The second-order valence-electron chi connectivity index (χ2n) is 6.24. The number of allylic oxidation sites excluding steroid dienone is 1. The number of nitrogens with zero attached hydrogens (tertiary/aromatic N) is 3. The van der Waals surface area contributed by atoms with E-state index in [0.717, 1.165) is 34.8 Å². The lowest BCUT2D eigenvalue weighted by molar-refractivity contribution is 0.232. The molecule has 0 aliphatic carbocycles. The Balaban J connectivity index is 1.72. The lowest BCUT2D eigenvalue weighted by Crippen LogP contribution is -2.47. The van der Waals surface area contributed by atoms with E-state index in [4.69, 9.17) is 0 Å². The molecule has 1 N–H and O–H groups in total. The molecule has 122 valence electrons. The van der Waals surface area contributed by atoms with E-state index in [1.54, 1.807) is 0 Å². The highest BCUT2D eigenvalue weighted by molar-refractivity contribution is 5.81. The standard InChI is InChI=1S/C19H19FN4/c1-13-9-15(7-8-21-13)18-10-22-24-14(2)11-23(12-19(18)24)17-5-3-16(20)4-6-17/h3-10,12,14,22H,11H2,1-2H3/t14-/m0/s1. The largest absolute Gasteiger partial charge is 0.344 e. The molecule has 4 rings (SSSR count). The van der Waals surface area contributed by atoms with Crippen molar-refractivity contribution < 1.29 is 4.39 Å².